The zero-order valence-corrected chi connectivity index (χ0v) is 12.7. The van der Waals surface area contributed by atoms with Gasteiger partial charge in [0, 0.05) is 25.5 Å². The van der Waals surface area contributed by atoms with Gasteiger partial charge < -0.3 is 9.64 Å². The van der Waals surface area contributed by atoms with Crippen molar-refractivity contribution in [3.05, 3.63) is 23.3 Å². The Kier molecular flexibility index (Phi) is 3.60. The van der Waals surface area contributed by atoms with E-state index in [1.807, 2.05) is 10.6 Å². The van der Waals surface area contributed by atoms with Crippen LogP contribution in [0.25, 0.3) is 5.52 Å². The van der Waals surface area contributed by atoms with Crippen molar-refractivity contribution in [2.75, 3.05) is 25.1 Å². The number of fused-ring (bicyclic) bond motifs is 1. The van der Waals surface area contributed by atoms with Crippen molar-refractivity contribution in [2.45, 2.75) is 12.8 Å². The number of esters is 1. The summed E-state index contributed by atoms with van der Waals surface area (Å²) >= 11 is 3.45. The Labute approximate surface area is 124 Å². The predicted octanol–water partition coefficient (Wildman–Crippen LogP) is 1.88. The molecule has 0 aromatic carbocycles. The number of carbonyl (C=O) groups excluding carboxylic acids is 1. The number of hydrogen-bond donors (Lipinski definition) is 0. The minimum atomic E-state index is -0.143. The highest BCUT2D eigenvalue weighted by atomic mass is 79.9. The van der Waals surface area contributed by atoms with Crippen LogP contribution in [-0.2, 0) is 9.53 Å². The summed E-state index contributed by atoms with van der Waals surface area (Å²) in [7, 11) is 1.44. The largest absolute Gasteiger partial charge is 0.469 e. The van der Waals surface area contributed by atoms with Crippen molar-refractivity contribution in [3.63, 3.8) is 0 Å². The van der Waals surface area contributed by atoms with Gasteiger partial charge in [-0.15, -0.1) is 0 Å². The van der Waals surface area contributed by atoms with Crippen molar-refractivity contribution in [3.8, 4) is 0 Å². The number of hydrogen-bond acceptors (Lipinski definition) is 5. The molecule has 1 saturated heterocycles. The lowest BCUT2D eigenvalue weighted by Gasteiger charge is -2.31. The van der Waals surface area contributed by atoms with Gasteiger partial charge in [0.25, 0.3) is 0 Å². The quantitative estimate of drug-likeness (QED) is 0.782. The maximum Gasteiger partial charge on any atom is 0.310 e. The number of halogens is 1. The summed E-state index contributed by atoms with van der Waals surface area (Å²) in [6, 6.07) is 0. The fraction of sp³-hybridized carbons (Fsp3) is 0.462. The van der Waals surface area contributed by atoms with Crippen LogP contribution in [0.15, 0.2) is 23.3 Å². The van der Waals surface area contributed by atoms with Crippen LogP contribution >= 0.6 is 15.9 Å². The molecule has 3 heterocycles. The molecule has 0 spiro atoms. The number of anilines is 1. The van der Waals surface area contributed by atoms with Crippen molar-refractivity contribution in [1.29, 1.82) is 0 Å². The Bertz CT molecular complexity index is 642. The molecule has 1 atom stereocenters. The summed E-state index contributed by atoms with van der Waals surface area (Å²) in [6.45, 7) is 1.53. The summed E-state index contributed by atoms with van der Waals surface area (Å²) < 4.78 is 7.53. The SMILES string of the molecule is COC(=O)C1CCCN(c2nc(Br)n3ccncc23)C1. The normalized spacial score (nSPS) is 19.3. The smallest absolute Gasteiger partial charge is 0.310 e. The molecule has 1 aliphatic heterocycles. The maximum absolute atomic E-state index is 11.7. The Morgan fingerprint density at radius 1 is 1.55 bits per heavy atom. The first-order chi connectivity index (χ1) is 9.70. The topological polar surface area (TPSA) is 59.7 Å². The summed E-state index contributed by atoms with van der Waals surface area (Å²) in [5, 5.41) is 0. The first-order valence-electron chi connectivity index (χ1n) is 6.51. The van der Waals surface area contributed by atoms with E-state index in [0.717, 1.165) is 35.5 Å². The number of nitrogens with zero attached hydrogens (tertiary/aromatic N) is 4. The average molecular weight is 339 g/mol. The van der Waals surface area contributed by atoms with Crippen LogP contribution in [-0.4, -0.2) is 40.5 Å². The molecule has 7 heteroatoms. The maximum atomic E-state index is 11.7. The number of methoxy groups -OCH3 is 1. The van der Waals surface area contributed by atoms with E-state index in [2.05, 4.69) is 30.8 Å². The Balaban J connectivity index is 1.93. The first kappa shape index (κ1) is 13.4. The van der Waals surface area contributed by atoms with Gasteiger partial charge >= 0.3 is 5.97 Å². The van der Waals surface area contributed by atoms with Gasteiger partial charge in [0.1, 0.15) is 5.52 Å². The zero-order valence-electron chi connectivity index (χ0n) is 11.1. The molecule has 0 aliphatic carbocycles. The molecule has 0 bridgehead atoms. The van der Waals surface area contributed by atoms with Crippen LogP contribution in [0, 0.1) is 5.92 Å². The summed E-state index contributed by atoms with van der Waals surface area (Å²) in [6.07, 6.45) is 7.19. The molecule has 1 fully saturated rings. The van der Waals surface area contributed by atoms with Crippen molar-refractivity contribution >= 4 is 33.2 Å². The van der Waals surface area contributed by atoms with E-state index in [9.17, 15) is 4.79 Å². The third-order valence-electron chi connectivity index (χ3n) is 3.64. The number of piperidine rings is 1. The standard InChI is InChI=1S/C13H15BrN4O2/c1-20-12(19)9-3-2-5-17(8-9)11-10-7-15-4-6-18(10)13(14)16-11/h4,6-7,9H,2-3,5,8H2,1H3. The second kappa shape index (κ2) is 5.40. The lowest BCUT2D eigenvalue weighted by Crippen LogP contribution is -2.39. The van der Waals surface area contributed by atoms with Gasteiger partial charge in [-0.2, -0.15) is 0 Å². The highest BCUT2D eigenvalue weighted by Crippen LogP contribution is 2.28. The van der Waals surface area contributed by atoms with Gasteiger partial charge in [-0.1, -0.05) is 0 Å². The molecule has 2 aromatic heterocycles. The molecule has 0 amide bonds. The van der Waals surface area contributed by atoms with Gasteiger partial charge in [-0.25, -0.2) is 4.98 Å². The van der Waals surface area contributed by atoms with Crippen LogP contribution in [0.1, 0.15) is 12.8 Å². The highest BCUT2D eigenvalue weighted by molar-refractivity contribution is 9.10. The van der Waals surface area contributed by atoms with E-state index in [1.165, 1.54) is 7.11 Å². The molecule has 0 radical (unpaired) electrons. The second-order valence-corrected chi connectivity index (χ2v) is 5.55. The highest BCUT2D eigenvalue weighted by Gasteiger charge is 2.28. The number of aromatic nitrogens is 3. The summed E-state index contributed by atoms with van der Waals surface area (Å²) in [5.74, 6) is 0.634. The van der Waals surface area contributed by atoms with Gasteiger partial charge in [0.2, 0.25) is 0 Å². The van der Waals surface area contributed by atoms with Gasteiger partial charge in [-0.3, -0.25) is 14.2 Å². The van der Waals surface area contributed by atoms with Crippen LogP contribution in [0.5, 0.6) is 0 Å². The molecule has 1 unspecified atom stereocenters. The molecule has 106 valence electrons. The minimum Gasteiger partial charge on any atom is -0.469 e. The summed E-state index contributed by atoms with van der Waals surface area (Å²) in [5.41, 5.74) is 0.935. The molecular weight excluding hydrogens is 324 g/mol. The monoisotopic (exact) mass is 338 g/mol. The Morgan fingerprint density at radius 2 is 2.40 bits per heavy atom. The van der Waals surface area contributed by atoms with E-state index >= 15 is 0 Å². The second-order valence-electron chi connectivity index (χ2n) is 4.84. The van der Waals surface area contributed by atoms with Gasteiger partial charge in [-0.05, 0) is 28.8 Å². The van der Waals surface area contributed by atoms with Crippen LogP contribution in [0.2, 0.25) is 0 Å². The fourth-order valence-electron chi connectivity index (χ4n) is 2.65. The molecule has 2 aromatic rings. The van der Waals surface area contributed by atoms with E-state index in [0.29, 0.717) is 6.54 Å². The lowest BCUT2D eigenvalue weighted by molar-refractivity contribution is -0.145. The van der Waals surface area contributed by atoms with Crippen LogP contribution < -0.4 is 4.90 Å². The van der Waals surface area contributed by atoms with Crippen molar-refractivity contribution in [1.82, 2.24) is 14.4 Å². The Morgan fingerprint density at radius 3 is 3.20 bits per heavy atom. The molecule has 20 heavy (non-hydrogen) atoms. The fourth-order valence-corrected chi connectivity index (χ4v) is 3.12. The molecule has 6 nitrogen and oxygen atoms in total. The van der Waals surface area contributed by atoms with Gasteiger partial charge in [0.15, 0.2) is 10.6 Å². The molecule has 0 saturated carbocycles. The number of imidazole rings is 1. The van der Waals surface area contributed by atoms with Crippen LogP contribution in [0.3, 0.4) is 0 Å². The summed E-state index contributed by atoms with van der Waals surface area (Å²) in [4.78, 5) is 22.5. The van der Waals surface area contributed by atoms with E-state index in [1.54, 1.807) is 12.4 Å². The van der Waals surface area contributed by atoms with E-state index in [-0.39, 0.29) is 11.9 Å². The molecule has 1 aliphatic rings. The average Bonchev–Trinajstić information content (AvgIpc) is 2.84. The van der Waals surface area contributed by atoms with Crippen molar-refractivity contribution in [2.24, 2.45) is 5.92 Å². The van der Waals surface area contributed by atoms with Gasteiger partial charge in [0.05, 0.1) is 19.2 Å². The van der Waals surface area contributed by atoms with Crippen molar-refractivity contribution < 1.29 is 9.53 Å². The number of ether oxygens (including phenoxy) is 1. The minimum absolute atomic E-state index is 0.0825. The third kappa shape index (κ3) is 2.26. The lowest BCUT2D eigenvalue weighted by atomic mass is 9.98. The van der Waals surface area contributed by atoms with E-state index < -0.39 is 0 Å². The van der Waals surface area contributed by atoms with Crippen LogP contribution in [0.4, 0.5) is 5.82 Å². The number of carbonyl (C=O) groups is 1. The zero-order chi connectivity index (χ0) is 14.1. The molecular formula is C13H15BrN4O2. The molecule has 3 rings (SSSR count). The Hall–Kier alpha value is -1.63. The first-order valence-corrected chi connectivity index (χ1v) is 7.30. The van der Waals surface area contributed by atoms with E-state index in [4.69, 9.17) is 4.74 Å². The predicted molar refractivity (Wildman–Crippen MR) is 77.6 cm³/mol. The molecule has 0 N–H and O–H groups in total. The number of rotatable bonds is 2. The third-order valence-corrected chi connectivity index (χ3v) is 4.20.